The lowest BCUT2D eigenvalue weighted by Gasteiger charge is -1.98. The lowest BCUT2D eigenvalue weighted by molar-refractivity contribution is 0.0687. The maximum Gasteiger partial charge on any atom is 0.356 e. The summed E-state index contributed by atoms with van der Waals surface area (Å²) in [7, 11) is 0. The molecule has 0 aliphatic rings. The van der Waals surface area contributed by atoms with Crippen molar-refractivity contribution < 1.29 is 14.7 Å². The van der Waals surface area contributed by atoms with Gasteiger partial charge in [0.2, 0.25) is 0 Å². The monoisotopic (exact) mass is 276 g/mol. The molecule has 0 spiro atoms. The number of thiazole rings is 1. The fourth-order valence-corrected chi connectivity index (χ4v) is 2.57. The fourth-order valence-electron chi connectivity index (χ4n) is 1.61. The lowest BCUT2D eigenvalue weighted by Crippen LogP contribution is -2.03. The number of carboxylic acid groups (broad SMARTS) is 1. The van der Waals surface area contributed by atoms with Crippen molar-refractivity contribution in [2.24, 2.45) is 5.73 Å². The second kappa shape index (κ2) is 5.29. The van der Waals surface area contributed by atoms with Gasteiger partial charge >= 0.3 is 5.97 Å². The van der Waals surface area contributed by atoms with Gasteiger partial charge in [0.15, 0.2) is 11.5 Å². The van der Waals surface area contributed by atoms with Gasteiger partial charge in [-0.2, -0.15) is 0 Å². The van der Waals surface area contributed by atoms with Crippen molar-refractivity contribution in [3.63, 3.8) is 0 Å². The van der Waals surface area contributed by atoms with Gasteiger partial charge in [-0.15, -0.1) is 11.3 Å². The number of ketones is 1. The molecule has 0 fully saturated rings. The molecule has 0 atom stereocenters. The number of carbonyl (C=O) groups excluding carboxylic acids is 1. The van der Waals surface area contributed by atoms with Crippen molar-refractivity contribution in [3.05, 3.63) is 40.4 Å². The first-order valence-corrected chi connectivity index (χ1v) is 6.39. The minimum absolute atomic E-state index is 0.172. The molecule has 1 aromatic carbocycles. The van der Waals surface area contributed by atoms with Gasteiger partial charge < -0.3 is 10.8 Å². The topological polar surface area (TPSA) is 93.3 Å². The van der Waals surface area contributed by atoms with E-state index in [0.29, 0.717) is 11.6 Å². The summed E-state index contributed by atoms with van der Waals surface area (Å²) in [5.74, 6) is -1.48. The maximum atomic E-state index is 11.4. The first kappa shape index (κ1) is 13.4. The number of nitrogens with zero attached hydrogens (tertiary/aromatic N) is 1. The zero-order valence-electron chi connectivity index (χ0n) is 10.2. The Morgan fingerprint density at radius 1 is 1.32 bits per heavy atom. The molecule has 1 heterocycles. The summed E-state index contributed by atoms with van der Waals surface area (Å²) < 4.78 is 0. The summed E-state index contributed by atoms with van der Waals surface area (Å²) in [6, 6.07) is 7.34. The number of Topliss-reactive ketones (excluding diaryl/α,β-unsaturated/α-hetero) is 1. The number of aromatic carboxylic acids is 1. The normalized spacial score (nSPS) is 10.4. The average Bonchev–Trinajstić information content (AvgIpc) is 2.84. The van der Waals surface area contributed by atoms with E-state index in [1.54, 1.807) is 0 Å². The number of benzene rings is 1. The third-order valence-electron chi connectivity index (χ3n) is 2.59. The zero-order chi connectivity index (χ0) is 14.0. The van der Waals surface area contributed by atoms with E-state index >= 15 is 0 Å². The molecule has 19 heavy (non-hydrogen) atoms. The Kier molecular flexibility index (Phi) is 3.73. The summed E-state index contributed by atoms with van der Waals surface area (Å²) in [6.45, 7) is 1.78. The van der Waals surface area contributed by atoms with Crippen LogP contribution >= 0.6 is 11.3 Å². The molecule has 0 bridgehead atoms. The van der Waals surface area contributed by atoms with Crippen molar-refractivity contribution in [3.8, 4) is 10.6 Å². The Hall–Kier alpha value is -2.05. The molecule has 1 aromatic heterocycles. The van der Waals surface area contributed by atoms with Crippen LogP contribution in [0.1, 0.15) is 32.6 Å². The van der Waals surface area contributed by atoms with E-state index in [4.69, 9.17) is 10.8 Å². The van der Waals surface area contributed by atoms with Crippen LogP contribution in [0.3, 0.4) is 0 Å². The van der Waals surface area contributed by atoms with E-state index in [1.807, 2.05) is 24.3 Å². The van der Waals surface area contributed by atoms with Crippen LogP contribution in [0.4, 0.5) is 0 Å². The lowest BCUT2D eigenvalue weighted by atomic mass is 10.1. The number of nitrogens with two attached hydrogens (primary N) is 1. The summed E-state index contributed by atoms with van der Waals surface area (Å²) in [5.41, 5.74) is 7.08. The molecule has 3 N–H and O–H groups in total. The van der Waals surface area contributed by atoms with E-state index in [-0.39, 0.29) is 16.4 Å². The molecule has 6 heteroatoms. The van der Waals surface area contributed by atoms with Crippen molar-refractivity contribution in [2.75, 3.05) is 0 Å². The SMILES string of the molecule is CC(=O)c1sc(-c2ccc(CN)cc2)nc1C(=O)O. The minimum Gasteiger partial charge on any atom is -0.476 e. The largest absolute Gasteiger partial charge is 0.476 e. The van der Waals surface area contributed by atoms with Crippen molar-refractivity contribution in [1.82, 2.24) is 4.98 Å². The highest BCUT2D eigenvalue weighted by molar-refractivity contribution is 7.17. The number of aromatic nitrogens is 1. The van der Waals surface area contributed by atoms with Gasteiger partial charge in [0.25, 0.3) is 0 Å². The summed E-state index contributed by atoms with van der Waals surface area (Å²) in [4.78, 5) is 26.6. The van der Waals surface area contributed by atoms with Crippen LogP contribution in [0.2, 0.25) is 0 Å². The van der Waals surface area contributed by atoms with Crippen LogP contribution in [0.25, 0.3) is 10.6 Å². The predicted molar refractivity (Wildman–Crippen MR) is 72.4 cm³/mol. The summed E-state index contributed by atoms with van der Waals surface area (Å²) >= 11 is 1.09. The zero-order valence-corrected chi connectivity index (χ0v) is 11.0. The average molecular weight is 276 g/mol. The minimum atomic E-state index is -1.19. The van der Waals surface area contributed by atoms with E-state index < -0.39 is 5.97 Å². The molecule has 2 aromatic rings. The van der Waals surface area contributed by atoms with Crippen LogP contribution in [0.5, 0.6) is 0 Å². The third-order valence-corrected chi connectivity index (χ3v) is 3.79. The van der Waals surface area contributed by atoms with Gasteiger partial charge in [0.05, 0.1) is 0 Å². The highest BCUT2D eigenvalue weighted by Crippen LogP contribution is 2.28. The molecule has 0 saturated heterocycles. The molecule has 98 valence electrons. The first-order chi connectivity index (χ1) is 9.02. The quantitative estimate of drug-likeness (QED) is 0.835. The Bertz CT molecular complexity index is 600. The Morgan fingerprint density at radius 2 is 1.95 bits per heavy atom. The van der Waals surface area contributed by atoms with Crippen LogP contribution in [0, 0.1) is 0 Å². The number of rotatable bonds is 4. The molecular weight excluding hydrogens is 264 g/mol. The van der Waals surface area contributed by atoms with Gasteiger partial charge in [0, 0.05) is 19.0 Å². The maximum absolute atomic E-state index is 11.4. The molecule has 0 unspecified atom stereocenters. The van der Waals surface area contributed by atoms with Gasteiger partial charge in [0.1, 0.15) is 9.88 Å². The molecule has 0 aliphatic carbocycles. The van der Waals surface area contributed by atoms with Crippen molar-refractivity contribution in [2.45, 2.75) is 13.5 Å². The Morgan fingerprint density at radius 3 is 2.37 bits per heavy atom. The second-order valence-corrected chi connectivity index (χ2v) is 4.96. The van der Waals surface area contributed by atoms with E-state index in [0.717, 1.165) is 22.5 Å². The smallest absolute Gasteiger partial charge is 0.356 e. The number of hydrogen-bond acceptors (Lipinski definition) is 5. The second-order valence-electron chi connectivity index (χ2n) is 3.96. The third kappa shape index (κ3) is 2.69. The van der Waals surface area contributed by atoms with Crippen LogP contribution < -0.4 is 5.73 Å². The Balaban J connectivity index is 2.47. The highest BCUT2D eigenvalue weighted by atomic mass is 32.1. The van der Waals surface area contributed by atoms with E-state index in [2.05, 4.69) is 4.98 Å². The summed E-state index contributed by atoms with van der Waals surface area (Å²) in [5, 5.41) is 9.55. The molecule has 5 nitrogen and oxygen atoms in total. The van der Waals surface area contributed by atoms with E-state index in [1.165, 1.54) is 6.92 Å². The van der Waals surface area contributed by atoms with E-state index in [9.17, 15) is 9.59 Å². The van der Waals surface area contributed by atoms with Crippen LogP contribution in [-0.2, 0) is 6.54 Å². The van der Waals surface area contributed by atoms with Gasteiger partial charge in [-0.1, -0.05) is 24.3 Å². The van der Waals surface area contributed by atoms with Crippen molar-refractivity contribution in [1.29, 1.82) is 0 Å². The molecule has 0 radical (unpaired) electrons. The number of hydrogen-bond donors (Lipinski definition) is 2. The molecule has 0 aliphatic heterocycles. The van der Waals surface area contributed by atoms with Gasteiger partial charge in [-0.3, -0.25) is 4.79 Å². The van der Waals surface area contributed by atoms with Crippen LogP contribution in [-0.4, -0.2) is 21.8 Å². The number of carbonyl (C=O) groups is 2. The first-order valence-electron chi connectivity index (χ1n) is 5.57. The molecular formula is C13H12N2O3S. The highest BCUT2D eigenvalue weighted by Gasteiger charge is 2.20. The summed E-state index contributed by atoms with van der Waals surface area (Å²) in [6.07, 6.45) is 0. The Labute approximate surface area is 113 Å². The molecule has 0 amide bonds. The van der Waals surface area contributed by atoms with Gasteiger partial charge in [-0.25, -0.2) is 9.78 Å². The predicted octanol–water partition coefficient (Wildman–Crippen LogP) is 2.17. The number of carboxylic acids is 1. The molecule has 0 saturated carbocycles. The van der Waals surface area contributed by atoms with Gasteiger partial charge in [-0.05, 0) is 5.56 Å². The fraction of sp³-hybridized carbons (Fsp3) is 0.154. The molecule has 2 rings (SSSR count). The van der Waals surface area contributed by atoms with Crippen LogP contribution in [0.15, 0.2) is 24.3 Å². The van der Waals surface area contributed by atoms with Crippen molar-refractivity contribution >= 4 is 23.1 Å². The standard InChI is InChI=1S/C13H12N2O3S/c1-7(16)11-10(13(17)18)15-12(19-11)9-4-2-8(6-14)3-5-9/h2-5H,6,14H2,1H3,(H,17,18).